The topological polar surface area (TPSA) is 26.3 Å². The molecule has 0 spiro atoms. The van der Waals surface area contributed by atoms with Gasteiger partial charge in [0.15, 0.2) is 5.75 Å². The number of carbonyl (C=O) groups is 1. The molecule has 16 heavy (non-hydrogen) atoms. The molecule has 2 rings (SSSR count). The predicted molar refractivity (Wildman–Crippen MR) is 64.1 cm³/mol. The van der Waals surface area contributed by atoms with Crippen molar-refractivity contribution in [3.8, 4) is 5.75 Å². The summed E-state index contributed by atoms with van der Waals surface area (Å²) in [5, 5.41) is 0.925. The Bertz CT molecular complexity index is 398. The minimum absolute atomic E-state index is 0.0232. The third-order valence-electron chi connectivity index (χ3n) is 2.79. The normalized spacial score (nSPS) is 16.4. The van der Waals surface area contributed by atoms with Crippen LogP contribution in [0.2, 0.25) is 10.0 Å². The number of rotatable bonds is 2. The average Bonchev–Trinajstić information content (AvgIpc) is 2.76. The molecule has 0 aromatic heterocycles. The maximum absolute atomic E-state index is 11.8. The van der Waals surface area contributed by atoms with Gasteiger partial charge in [-0.2, -0.15) is 0 Å². The third-order valence-corrected chi connectivity index (χ3v) is 3.34. The first-order chi connectivity index (χ1) is 7.66. The molecule has 0 amide bonds. The Labute approximate surface area is 104 Å². The van der Waals surface area contributed by atoms with Crippen molar-refractivity contribution in [1.29, 1.82) is 0 Å². The highest BCUT2D eigenvalue weighted by atomic mass is 35.5. The minimum atomic E-state index is -0.193. The zero-order chi connectivity index (χ0) is 11.5. The van der Waals surface area contributed by atoms with E-state index >= 15 is 0 Å². The third kappa shape index (κ3) is 2.69. The van der Waals surface area contributed by atoms with Gasteiger partial charge in [0.2, 0.25) is 0 Å². The number of benzene rings is 1. The van der Waals surface area contributed by atoms with Crippen LogP contribution >= 0.6 is 23.2 Å². The highest BCUT2D eigenvalue weighted by Crippen LogP contribution is 2.31. The molecular weight excluding hydrogens is 247 g/mol. The first-order valence-corrected chi connectivity index (χ1v) is 6.09. The Morgan fingerprint density at radius 3 is 2.62 bits per heavy atom. The Balaban J connectivity index is 2.07. The maximum Gasteiger partial charge on any atom is 0.314 e. The number of hydrogen-bond donors (Lipinski definition) is 0. The van der Waals surface area contributed by atoms with E-state index in [0.717, 1.165) is 25.7 Å². The Morgan fingerprint density at radius 1 is 1.25 bits per heavy atom. The highest BCUT2D eigenvalue weighted by Gasteiger charge is 2.25. The van der Waals surface area contributed by atoms with E-state index in [1.54, 1.807) is 18.2 Å². The van der Waals surface area contributed by atoms with Gasteiger partial charge >= 0.3 is 5.97 Å². The molecule has 1 aromatic rings. The van der Waals surface area contributed by atoms with Crippen LogP contribution in [-0.4, -0.2) is 5.97 Å². The van der Waals surface area contributed by atoms with Crippen LogP contribution < -0.4 is 4.74 Å². The van der Waals surface area contributed by atoms with Gasteiger partial charge in [0, 0.05) is 11.1 Å². The monoisotopic (exact) mass is 258 g/mol. The molecule has 0 unspecified atom stereocenters. The second kappa shape index (κ2) is 5.07. The molecular formula is C12H12Cl2O2. The van der Waals surface area contributed by atoms with Crippen molar-refractivity contribution in [1.82, 2.24) is 0 Å². The van der Waals surface area contributed by atoms with Crippen LogP contribution in [0.4, 0.5) is 0 Å². The van der Waals surface area contributed by atoms with Crippen molar-refractivity contribution < 1.29 is 9.53 Å². The molecule has 0 saturated heterocycles. The molecule has 1 saturated carbocycles. The number of ether oxygens (including phenoxy) is 1. The summed E-state index contributed by atoms with van der Waals surface area (Å²) in [6.07, 6.45) is 4.03. The fourth-order valence-corrected chi connectivity index (χ4v) is 2.23. The SMILES string of the molecule is O=C(Oc1cc(Cl)ccc1Cl)C1CCCC1. The van der Waals surface area contributed by atoms with Crippen molar-refractivity contribution in [2.24, 2.45) is 5.92 Å². The summed E-state index contributed by atoms with van der Waals surface area (Å²) in [5.74, 6) is 0.183. The highest BCUT2D eigenvalue weighted by molar-refractivity contribution is 6.34. The zero-order valence-electron chi connectivity index (χ0n) is 8.71. The average molecular weight is 259 g/mol. The van der Waals surface area contributed by atoms with Crippen molar-refractivity contribution in [3.05, 3.63) is 28.2 Å². The summed E-state index contributed by atoms with van der Waals surface area (Å²) in [5.41, 5.74) is 0. The Kier molecular flexibility index (Phi) is 3.72. The lowest BCUT2D eigenvalue weighted by Crippen LogP contribution is -2.17. The molecule has 1 fully saturated rings. The summed E-state index contributed by atoms with van der Waals surface area (Å²) < 4.78 is 5.25. The molecule has 4 heteroatoms. The van der Waals surface area contributed by atoms with Gasteiger partial charge in [-0.1, -0.05) is 36.0 Å². The lowest BCUT2D eigenvalue weighted by atomic mass is 10.1. The van der Waals surface area contributed by atoms with Crippen LogP contribution in [0, 0.1) is 5.92 Å². The molecule has 0 heterocycles. The Morgan fingerprint density at radius 2 is 1.94 bits per heavy atom. The minimum Gasteiger partial charge on any atom is -0.425 e. The largest absolute Gasteiger partial charge is 0.425 e. The lowest BCUT2D eigenvalue weighted by molar-refractivity contribution is -0.138. The van der Waals surface area contributed by atoms with Gasteiger partial charge in [-0.3, -0.25) is 4.79 Å². The van der Waals surface area contributed by atoms with Crippen LogP contribution in [0.1, 0.15) is 25.7 Å². The zero-order valence-corrected chi connectivity index (χ0v) is 10.2. The van der Waals surface area contributed by atoms with E-state index in [2.05, 4.69) is 0 Å². The molecule has 0 radical (unpaired) electrons. The van der Waals surface area contributed by atoms with Gasteiger partial charge < -0.3 is 4.74 Å². The lowest BCUT2D eigenvalue weighted by Gasteiger charge is -2.10. The van der Waals surface area contributed by atoms with Crippen molar-refractivity contribution in [2.45, 2.75) is 25.7 Å². The summed E-state index contributed by atoms with van der Waals surface area (Å²) in [6.45, 7) is 0. The van der Waals surface area contributed by atoms with Crippen LogP contribution in [0.5, 0.6) is 5.75 Å². The summed E-state index contributed by atoms with van der Waals surface area (Å²) in [7, 11) is 0. The number of halogens is 2. The van der Waals surface area contributed by atoms with E-state index in [1.165, 1.54) is 0 Å². The molecule has 0 atom stereocenters. The van der Waals surface area contributed by atoms with E-state index in [1.807, 2.05) is 0 Å². The standard InChI is InChI=1S/C12H12Cl2O2/c13-9-5-6-10(14)11(7-9)16-12(15)8-3-1-2-4-8/h5-8H,1-4H2. The summed E-state index contributed by atoms with van der Waals surface area (Å²) in [4.78, 5) is 11.8. The fourth-order valence-electron chi connectivity index (χ4n) is 1.91. The quantitative estimate of drug-likeness (QED) is 0.590. The summed E-state index contributed by atoms with van der Waals surface area (Å²) >= 11 is 11.7. The van der Waals surface area contributed by atoms with E-state index < -0.39 is 0 Å². The van der Waals surface area contributed by atoms with E-state index in [9.17, 15) is 4.79 Å². The van der Waals surface area contributed by atoms with Gasteiger partial charge in [-0.25, -0.2) is 0 Å². The van der Waals surface area contributed by atoms with Gasteiger partial charge in [-0.05, 0) is 25.0 Å². The van der Waals surface area contributed by atoms with Crippen molar-refractivity contribution in [3.63, 3.8) is 0 Å². The molecule has 0 aliphatic heterocycles. The molecule has 86 valence electrons. The number of carbonyl (C=O) groups excluding carboxylic acids is 1. The molecule has 1 aliphatic carbocycles. The van der Waals surface area contributed by atoms with Gasteiger partial charge in [0.25, 0.3) is 0 Å². The van der Waals surface area contributed by atoms with Gasteiger partial charge in [-0.15, -0.1) is 0 Å². The second-order valence-corrected chi connectivity index (χ2v) is 4.82. The molecule has 0 N–H and O–H groups in total. The molecule has 2 nitrogen and oxygen atoms in total. The second-order valence-electron chi connectivity index (χ2n) is 3.98. The Hall–Kier alpha value is -0.730. The smallest absolute Gasteiger partial charge is 0.314 e. The first kappa shape index (κ1) is 11.7. The van der Waals surface area contributed by atoms with Crippen LogP contribution in [0.3, 0.4) is 0 Å². The summed E-state index contributed by atoms with van der Waals surface area (Å²) in [6, 6.07) is 4.86. The van der Waals surface area contributed by atoms with E-state index in [-0.39, 0.29) is 11.9 Å². The van der Waals surface area contributed by atoms with Crippen LogP contribution in [0.15, 0.2) is 18.2 Å². The molecule has 1 aliphatic rings. The van der Waals surface area contributed by atoms with E-state index in [4.69, 9.17) is 27.9 Å². The van der Waals surface area contributed by atoms with Gasteiger partial charge in [0.1, 0.15) is 0 Å². The predicted octanol–water partition coefficient (Wildman–Crippen LogP) is 4.09. The first-order valence-electron chi connectivity index (χ1n) is 5.33. The molecule has 1 aromatic carbocycles. The fraction of sp³-hybridized carbons (Fsp3) is 0.417. The van der Waals surface area contributed by atoms with Crippen molar-refractivity contribution in [2.75, 3.05) is 0 Å². The van der Waals surface area contributed by atoms with E-state index in [0.29, 0.717) is 15.8 Å². The van der Waals surface area contributed by atoms with Crippen molar-refractivity contribution >= 4 is 29.2 Å². The molecule has 0 bridgehead atoms. The number of hydrogen-bond acceptors (Lipinski definition) is 2. The maximum atomic E-state index is 11.8. The van der Waals surface area contributed by atoms with Gasteiger partial charge in [0.05, 0.1) is 10.9 Å². The van der Waals surface area contributed by atoms with Crippen LogP contribution in [0.25, 0.3) is 0 Å². The van der Waals surface area contributed by atoms with Crippen LogP contribution in [-0.2, 0) is 4.79 Å². The number of esters is 1.